The Kier molecular flexibility index (Phi) is 6.24. The summed E-state index contributed by atoms with van der Waals surface area (Å²) in [5.74, 6) is -0.255. The van der Waals surface area contributed by atoms with Gasteiger partial charge in [0.05, 0.1) is 30.0 Å². The van der Waals surface area contributed by atoms with Crippen molar-refractivity contribution in [3.05, 3.63) is 51.1 Å². The molecule has 0 aliphatic carbocycles. The summed E-state index contributed by atoms with van der Waals surface area (Å²) in [6.07, 6.45) is 0. The first kappa shape index (κ1) is 20.9. The molecule has 3 aromatic rings. The van der Waals surface area contributed by atoms with Crippen molar-refractivity contribution in [3.63, 3.8) is 0 Å². The summed E-state index contributed by atoms with van der Waals surface area (Å²) in [6, 6.07) is 5.36. The number of nitrogens with one attached hydrogen (secondary N) is 2. The number of aryl methyl sites for hydroxylation is 1. The highest BCUT2D eigenvalue weighted by atomic mass is 35.5. The van der Waals surface area contributed by atoms with Crippen LogP contribution in [-0.4, -0.2) is 35.6 Å². The number of thiazole rings is 1. The van der Waals surface area contributed by atoms with Gasteiger partial charge in [-0.05, 0) is 44.5 Å². The van der Waals surface area contributed by atoms with E-state index in [9.17, 15) is 9.59 Å². The monoisotopic (exact) mass is 433 g/mol. The molecule has 1 aromatic carbocycles. The van der Waals surface area contributed by atoms with Crippen LogP contribution in [0.1, 0.15) is 39.0 Å². The smallest absolute Gasteiger partial charge is 0.340 e. The molecule has 7 nitrogen and oxygen atoms in total. The summed E-state index contributed by atoms with van der Waals surface area (Å²) >= 11 is 7.46. The van der Waals surface area contributed by atoms with Gasteiger partial charge in [-0.25, -0.2) is 9.78 Å². The molecule has 2 aromatic heterocycles. The molecule has 9 heteroatoms. The first-order chi connectivity index (χ1) is 13.8. The minimum absolute atomic E-state index is 0.266. The van der Waals surface area contributed by atoms with Gasteiger partial charge >= 0.3 is 5.97 Å². The summed E-state index contributed by atoms with van der Waals surface area (Å²) in [5.41, 5.74) is 3.29. The van der Waals surface area contributed by atoms with E-state index in [1.807, 2.05) is 11.4 Å². The van der Waals surface area contributed by atoms with Crippen LogP contribution in [0.5, 0.6) is 5.75 Å². The third-order valence-electron chi connectivity index (χ3n) is 4.32. The summed E-state index contributed by atoms with van der Waals surface area (Å²) in [7, 11) is 1.55. The number of H-pyrrole nitrogens is 1. The normalized spacial score (nSPS) is 10.7. The average molecular weight is 434 g/mol. The van der Waals surface area contributed by atoms with Gasteiger partial charge in [0.25, 0.3) is 5.91 Å². The molecule has 0 spiro atoms. The number of benzene rings is 1. The quantitative estimate of drug-likeness (QED) is 0.542. The Morgan fingerprint density at radius 1 is 1.31 bits per heavy atom. The molecule has 3 rings (SSSR count). The molecular formula is C20H20ClN3O4S. The zero-order valence-electron chi connectivity index (χ0n) is 16.4. The van der Waals surface area contributed by atoms with Gasteiger partial charge in [-0.3, -0.25) is 10.1 Å². The standard InChI is InChI=1S/C20H20ClN3O4S/c1-5-28-19(26)16-10(2)17(22-11(16)3)18(25)24-20-23-14(9-29-20)12-6-7-15(27-4)13(21)8-12/h6-9,22H,5H2,1-4H3,(H,23,24,25). The maximum Gasteiger partial charge on any atom is 0.340 e. The summed E-state index contributed by atoms with van der Waals surface area (Å²) in [4.78, 5) is 32.2. The number of carbonyl (C=O) groups excluding carboxylic acids is 2. The van der Waals surface area contributed by atoms with Crippen LogP contribution in [0.2, 0.25) is 5.02 Å². The van der Waals surface area contributed by atoms with E-state index in [4.69, 9.17) is 21.1 Å². The van der Waals surface area contributed by atoms with Crippen LogP contribution in [0.3, 0.4) is 0 Å². The van der Waals surface area contributed by atoms with Crippen molar-refractivity contribution < 1.29 is 19.1 Å². The van der Waals surface area contributed by atoms with E-state index in [0.717, 1.165) is 5.56 Å². The van der Waals surface area contributed by atoms with E-state index in [2.05, 4.69) is 15.3 Å². The second-order valence-corrected chi connectivity index (χ2v) is 7.45. The maximum atomic E-state index is 12.7. The van der Waals surface area contributed by atoms with Crippen molar-refractivity contribution in [1.29, 1.82) is 0 Å². The Bertz CT molecular complexity index is 1070. The zero-order valence-corrected chi connectivity index (χ0v) is 18.0. The van der Waals surface area contributed by atoms with Crippen LogP contribution < -0.4 is 10.1 Å². The number of hydrogen-bond acceptors (Lipinski definition) is 6. The van der Waals surface area contributed by atoms with E-state index in [1.54, 1.807) is 40.0 Å². The topological polar surface area (TPSA) is 93.3 Å². The fourth-order valence-electron chi connectivity index (χ4n) is 2.94. The molecule has 1 amide bonds. The summed E-state index contributed by atoms with van der Waals surface area (Å²) in [6.45, 7) is 5.43. The predicted octanol–water partition coefficient (Wildman–Crippen LogP) is 4.85. The van der Waals surface area contributed by atoms with E-state index in [1.165, 1.54) is 11.3 Å². The number of hydrogen-bond donors (Lipinski definition) is 2. The van der Waals surface area contributed by atoms with Gasteiger partial charge < -0.3 is 14.5 Å². The van der Waals surface area contributed by atoms with Gasteiger partial charge in [-0.2, -0.15) is 0 Å². The minimum Gasteiger partial charge on any atom is -0.495 e. The number of ether oxygens (including phenoxy) is 2. The molecule has 0 atom stereocenters. The van der Waals surface area contributed by atoms with Crippen LogP contribution in [-0.2, 0) is 4.74 Å². The number of esters is 1. The van der Waals surface area contributed by atoms with Gasteiger partial charge in [0.1, 0.15) is 11.4 Å². The minimum atomic E-state index is -0.453. The van der Waals surface area contributed by atoms with Crippen LogP contribution in [0, 0.1) is 13.8 Å². The highest BCUT2D eigenvalue weighted by molar-refractivity contribution is 7.14. The number of aromatic amines is 1. The molecule has 0 aliphatic heterocycles. The Hall–Kier alpha value is -2.84. The van der Waals surface area contributed by atoms with Gasteiger partial charge in [0.2, 0.25) is 0 Å². The van der Waals surface area contributed by atoms with Crippen molar-refractivity contribution in [3.8, 4) is 17.0 Å². The van der Waals surface area contributed by atoms with Crippen molar-refractivity contribution in [2.45, 2.75) is 20.8 Å². The number of anilines is 1. The van der Waals surface area contributed by atoms with Crippen LogP contribution in [0.4, 0.5) is 5.13 Å². The van der Waals surface area contributed by atoms with E-state index < -0.39 is 5.97 Å². The Morgan fingerprint density at radius 2 is 2.07 bits per heavy atom. The number of nitrogens with zero attached hydrogens (tertiary/aromatic N) is 1. The van der Waals surface area contributed by atoms with Crippen molar-refractivity contribution in [1.82, 2.24) is 9.97 Å². The van der Waals surface area contributed by atoms with Gasteiger partial charge in [-0.1, -0.05) is 11.6 Å². The molecule has 29 heavy (non-hydrogen) atoms. The van der Waals surface area contributed by atoms with Crippen LogP contribution in [0.15, 0.2) is 23.6 Å². The van der Waals surface area contributed by atoms with Crippen LogP contribution >= 0.6 is 22.9 Å². The molecule has 0 saturated heterocycles. The van der Waals surface area contributed by atoms with Crippen molar-refractivity contribution >= 4 is 39.9 Å². The van der Waals surface area contributed by atoms with E-state index >= 15 is 0 Å². The Morgan fingerprint density at radius 3 is 2.72 bits per heavy atom. The number of carbonyl (C=O) groups is 2. The predicted molar refractivity (Wildman–Crippen MR) is 113 cm³/mol. The summed E-state index contributed by atoms with van der Waals surface area (Å²) in [5, 5.41) is 5.50. The lowest BCUT2D eigenvalue weighted by atomic mass is 10.1. The van der Waals surface area contributed by atoms with Gasteiger partial charge in [0, 0.05) is 16.6 Å². The molecule has 152 valence electrons. The molecule has 0 saturated carbocycles. The molecular weight excluding hydrogens is 414 g/mol. The number of methoxy groups -OCH3 is 1. The first-order valence-electron chi connectivity index (χ1n) is 8.82. The van der Waals surface area contributed by atoms with Crippen molar-refractivity contribution in [2.75, 3.05) is 19.0 Å². The van der Waals surface area contributed by atoms with Gasteiger partial charge in [0.15, 0.2) is 5.13 Å². The number of aromatic nitrogens is 2. The molecule has 0 unspecified atom stereocenters. The van der Waals surface area contributed by atoms with E-state index in [0.29, 0.717) is 44.1 Å². The molecule has 2 heterocycles. The Labute approximate surface area is 177 Å². The van der Waals surface area contributed by atoms with Crippen LogP contribution in [0.25, 0.3) is 11.3 Å². The molecule has 0 aliphatic rings. The largest absolute Gasteiger partial charge is 0.495 e. The zero-order chi connectivity index (χ0) is 21.1. The second kappa shape index (κ2) is 8.67. The van der Waals surface area contributed by atoms with E-state index in [-0.39, 0.29) is 12.5 Å². The molecule has 0 fully saturated rings. The lowest BCUT2D eigenvalue weighted by molar-refractivity contribution is 0.0525. The Balaban J connectivity index is 1.80. The fraction of sp³-hybridized carbons (Fsp3) is 0.250. The molecule has 0 bridgehead atoms. The first-order valence-corrected chi connectivity index (χ1v) is 10.1. The number of halogens is 1. The molecule has 0 radical (unpaired) electrons. The number of rotatable bonds is 6. The average Bonchev–Trinajstić information content (AvgIpc) is 3.26. The maximum absolute atomic E-state index is 12.7. The third kappa shape index (κ3) is 4.28. The summed E-state index contributed by atoms with van der Waals surface area (Å²) < 4.78 is 10.2. The SMILES string of the molecule is CCOC(=O)c1c(C)[nH]c(C(=O)Nc2nc(-c3ccc(OC)c(Cl)c3)cs2)c1C. The second-order valence-electron chi connectivity index (χ2n) is 6.19. The van der Waals surface area contributed by atoms with Crippen molar-refractivity contribution in [2.24, 2.45) is 0 Å². The lowest BCUT2D eigenvalue weighted by Crippen LogP contribution is -2.14. The fourth-order valence-corrected chi connectivity index (χ4v) is 3.91. The lowest BCUT2D eigenvalue weighted by Gasteiger charge is -2.04. The number of amides is 1. The highest BCUT2D eigenvalue weighted by Gasteiger charge is 2.23. The van der Waals surface area contributed by atoms with Gasteiger partial charge in [-0.15, -0.1) is 11.3 Å². The molecule has 2 N–H and O–H groups in total. The highest BCUT2D eigenvalue weighted by Crippen LogP contribution is 2.32. The third-order valence-corrected chi connectivity index (χ3v) is 5.37.